The number of aliphatic hydroxyl groups excluding tert-OH is 2. The molecule has 0 radical (unpaired) electrons. The van der Waals surface area contributed by atoms with Crippen molar-refractivity contribution in [3.8, 4) is 11.1 Å². The van der Waals surface area contributed by atoms with E-state index >= 15 is 0 Å². The summed E-state index contributed by atoms with van der Waals surface area (Å²) >= 11 is 15.1. The lowest BCUT2D eigenvalue weighted by Crippen LogP contribution is -2.44. The number of halogens is 3. The summed E-state index contributed by atoms with van der Waals surface area (Å²) in [6.45, 7) is 5.63. The highest BCUT2D eigenvalue weighted by atomic mass is 79.9. The number of aryl methyl sites for hydroxylation is 2. The molecule has 4 aromatic carbocycles. The predicted octanol–water partition coefficient (Wildman–Crippen LogP) is 4.96. The van der Waals surface area contributed by atoms with E-state index in [2.05, 4.69) is 57.4 Å². The standard InChI is InChI=1S/C23H25ClN4O4.C16H19BrN4O4.C7H8BClO2/c1-14-3-8-17(24)10-19(14)16-6-4-15(5-7-16)9-18(11-23(2,13-29)22(31)32)26-21(30)20-12-25-28-27-20;1-16(9-22,15(24)25)7-12(6-10-2-4-11(17)5-3-10)19-14(23)13-8-18-21-20-13;1-5-2-3-6(9)4-7(5)8(10)11/h3-8,10,12,18,29H,9,11,13H2,1-2H3,(H,26,30)(H,31,32)(H,25,27,28);2-5,8,12,22H,6-7,9H2,1H3,(H,19,23)(H,24,25)(H,18,20,21);2-4,10-11H,1H3/t18-,23+;12-,16+;/m11./s1. The van der Waals surface area contributed by atoms with E-state index in [0.717, 1.165) is 37.9 Å². The molecule has 2 heterocycles. The van der Waals surface area contributed by atoms with E-state index in [0.29, 0.717) is 28.3 Å². The fourth-order valence-electron chi connectivity index (χ4n) is 6.82. The van der Waals surface area contributed by atoms with Gasteiger partial charge >= 0.3 is 19.1 Å². The number of hydrogen-bond acceptors (Lipinski definition) is 12. The summed E-state index contributed by atoms with van der Waals surface area (Å²) in [5, 5.41) is 82.0. The maximum Gasteiger partial charge on any atom is 0.488 e. The van der Waals surface area contributed by atoms with Gasteiger partial charge in [0.05, 0.1) is 36.4 Å². The van der Waals surface area contributed by atoms with Crippen LogP contribution in [0.1, 0.15) is 69.9 Å². The van der Waals surface area contributed by atoms with Gasteiger partial charge in [-0.2, -0.15) is 30.8 Å². The second kappa shape index (κ2) is 25.4. The number of H-pyrrole nitrogens is 2. The van der Waals surface area contributed by atoms with Crippen molar-refractivity contribution in [1.29, 1.82) is 0 Å². The molecule has 0 aliphatic carbocycles. The van der Waals surface area contributed by atoms with Crippen LogP contribution in [0, 0.1) is 24.7 Å². The Morgan fingerprint density at radius 1 is 0.676 bits per heavy atom. The number of hydrogen-bond donors (Lipinski definition) is 10. The molecule has 2 aromatic heterocycles. The Bertz CT molecular complexity index is 2590. The number of nitrogens with zero attached hydrogens (tertiary/aromatic N) is 4. The molecular weight excluding hydrogens is 986 g/mol. The summed E-state index contributed by atoms with van der Waals surface area (Å²) in [5.41, 5.74) is 3.69. The maximum atomic E-state index is 12.5. The molecule has 0 aliphatic heterocycles. The molecule has 0 fully saturated rings. The zero-order chi connectivity index (χ0) is 50.2. The number of aromatic amines is 2. The van der Waals surface area contributed by atoms with Crippen LogP contribution in [0.2, 0.25) is 10.0 Å². The molecule has 22 heteroatoms. The van der Waals surface area contributed by atoms with Gasteiger partial charge in [-0.25, -0.2) is 0 Å². The summed E-state index contributed by atoms with van der Waals surface area (Å²) in [5.74, 6) is -3.18. The number of benzene rings is 4. The number of rotatable bonds is 18. The Kier molecular flexibility index (Phi) is 20.4. The van der Waals surface area contributed by atoms with Gasteiger partial charge in [0.2, 0.25) is 0 Å². The van der Waals surface area contributed by atoms with Crippen molar-refractivity contribution in [3.05, 3.63) is 145 Å². The van der Waals surface area contributed by atoms with Crippen LogP contribution in [-0.2, 0) is 22.4 Å². The van der Waals surface area contributed by atoms with Gasteiger partial charge in [-0.05, 0) is 123 Å². The SMILES string of the molecule is C[C@@](CO)(C[C@@H](Cc1ccc(Br)cc1)NC(=O)c1cn[nH]n1)C(=O)O.Cc1ccc(Cl)cc1-c1ccc(C[C@H](C[C@@](C)(CO)C(=O)O)NC(=O)c2cn[nH]n2)cc1.Cc1ccc(Cl)cc1B(O)O. The summed E-state index contributed by atoms with van der Waals surface area (Å²) in [6, 6.07) is 25.0. The molecule has 2 amide bonds. The van der Waals surface area contributed by atoms with Gasteiger partial charge in [0.25, 0.3) is 11.8 Å². The quantitative estimate of drug-likeness (QED) is 0.0510. The number of amides is 2. The first kappa shape index (κ1) is 54.6. The summed E-state index contributed by atoms with van der Waals surface area (Å²) in [6.07, 6.45) is 3.47. The fourth-order valence-corrected chi connectivity index (χ4v) is 7.44. The molecule has 0 aliphatic rings. The molecule has 4 atom stereocenters. The van der Waals surface area contributed by atoms with Gasteiger partial charge in [0.15, 0.2) is 11.4 Å². The monoisotopic (exact) mass is 1040 g/mol. The van der Waals surface area contributed by atoms with E-state index in [4.69, 9.17) is 33.2 Å². The van der Waals surface area contributed by atoms with Crippen molar-refractivity contribution in [3.63, 3.8) is 0 Å². The average molecular weight is 1040 g/mol. The lowest BCUT2D eigenvalue weighted by Gasteiger charge is -2.28. The van der Waals surface area contributed by atoms with Crippen LogP contribution in [0.5, 0.6) is 0 Å². The summed E-state index contributed by atoms with van der Waals surface area (Å²) in [4.78, 5) is 48.0. The number of carboxylic acid groups (broad SMARTS) is 2. The molecule has 0 saturated heterocycles. The van der Waals surface area contributed by atoms with Gasteiger partial charge in [0, 0.05) is 26.6 Å². The van der Waals surface area contributed by atoms with Crippen LogP contribution >= 0.6 is 39.1 Å². The molecule has 360 valence electrons. The minimum atomic E-state index is -1.44. The van der Waals surface area contributed by atoms with Crippen molar-refractivity contribution in [1.82, 2.24) is 41.5 Å². The molecular formula is C46H52BBrCl2N8O10. The first-order valence-corrected chi connectivity index (χ1v) is 22.5. The van der Waals surface area contributed by atoms with Gasteiger partial charge in [-0.1, -0.05) is 93.2 Å². The Morgan fingerprint density at radius 3 is 1.49 bits per heavy atom. The van der Waals surface area contributed by atoms with Crippen LogP contribution in [-0.4, -0.2) is 117 Å². The van der Waals surface area contributed by atoms with Crippen molar-refractivity contribution in [2.24, 2.45) is 10.8 Å². The maximum absolute atomic E-state index is 12.5. The Hall–Kier alpha value is -6.00. The van der Waals surface area contributed by atoms with Crippen LogP contribution < -0.4 is 16.1 Å². The lowest BCUT2D eigenvalue weighted by molar-refractivity contribution is -0.152. The zero-order valence-electron chi connectivity index (χ0n) is 37.5. The third-order valence-corrected chi connectivity index (χ3v) is 12.0. The zero-order valence-corrected chi connectivity index (χ0v) is 40.5. The number of carbonyl (C=O) groups excluding carboxylic acids is 2. The van der Waals surface area contributed by atoms with Gasteiger partial charge in [-0.15, -0.1) is 0 Å². The molecule has 0 spiro atoms. The van der Waals surface area contributed by atoms with E-state index in [-0.39, 0.29) is 24.2 Å². The molecule has 6 rings (SSSR count). The highest BCUT2D eigenvalue weighted by Crippen LogP contribution is 2.29. The van der Waals surface area contributed by atoms with E-state index in [1.165, 1.54) is 26.2 Å². The smallest absolute Gasteiger partial charge is 0.481 e. The highest BCUT2D eigenvalue weighted by molar-refractivity contribution is 9.10. The third kappa shape index (κ3) is 16.1. The van der Waals surface area contributed by atoms with E-state index < -0.39 is 67.0 Å². The highest BCUT2D eigenvalue weighted by Gasteiger charge is 2.37. The Morgan fingerprint density at radius 2 is 1.10 bits per heavy atom. The molecule has 10 N–H and O–H groups in total. The van der Waals surface area contributed by atoms with Gasteiger partial charge < -0.3 is 41.1 Å². The Labute approximate surface area is 410 Å². The normalized spacial score (nSPS) is 13.5. The molecule has 0 bridgehead atoms. The average Bonchev–Trinajstić information content (AvgIpc) is 4.06. The first-order chi connectivity index (χ1) is 32.2. The molecule has 0 unspecified atom stereocenters. The summed E-state index contributed by atoms with van der Waals surface area (Å²) < 4.78 is 0.921. The van der Waals surface area contributed by atoms with Crippen molar-refractivity contribution in [2.75, 3.05) is 13.2 Å². The Balaban J connectivity index is 0.000000247. The van der Waals surface area contributed by atoms with Gasteiger partial charge in [0.1, 0.15) is 0 Å². The minimum Gasteiger partial charge on any atom is -0.481 e. The number of carboxylic acids is 2. The number of aliphatic carboxylic acids is 2. The largest absolute Gasteiger partial charge is 0.488 e. The first-order valence-electron chi connectivity index (χ1n) is 20.9. The van der Waals surface area contributed by atoms with Crippen molar-refractivity contribution < 1.29 is 49.7 Å². The van der Waals surface area contributed by atoms with Crippen LogP contribution in [0.3, 0.4) is 0 Å². The molecule has 6 aromatic rings. The lowest BCUT2D eigenvalue weighted by atomic mass is 9.77. The van der Waals surface area contributed by atoms with Crippen LogP contribution in [0.15, 0.2) is 102 Å². The number of nitrogens with one attached hydrogen (secondary N) is 4. The van der Waals surface area contributed by atoms with E-state index in [1.54, 1.807) is 25.1 Å². The molecule has 68 heavy (non-hydrogen) atoms. The van der Waals surface area contributed by atoms with Crippen LogP contribution in [0.25, 0.3) is 11.1 Å². The van der Waals surface area contributed by atoms with E-state index in [1.807, 2.05) is 73.7 Å². The molecule has 0 saturated carbocycles. The number of aliphatic hydroxyl groups is 2. The molecule has 18 nitrogen and oxygen atoms in total. The summed E-state index contributed by atoms with van der Waals surface area (Å²) in [7, 11) is -1.44. The second-order valence-corrected chi connectivity index (χ2v) is 18.4. The van der Waals surface area contributed by atoms with Crippen LogP contribution in [0.4, 0.5) is 0 Å². The topological polar surface area (TPSA) is 297 Å². The van der Waals surface area contributed by atoms with Gasteiger partial charge in [-0.3, -0.25) is 19.2 Å². The van der Waals surface area contributed by atoms with Crippen molar-refractivity contribution in [2.45, 2.75) is 65.5 Å². The second-order valence-electron chi connectivity index (χ2n) is 16.6. The number of carbonyl (C=O) groups is 4. The predicted molar refractivity (Wildman–Crippen MR) is 259 cm³/mol. The van der Waals surface area contributed by atoms with E-state index in [9.17, 15) is 39.6 Å². The number of aromatic nitrogens is 6. The third-order valence-electron chi connectivity index (χ3n) is 11.0. The fraction of sp³-hybridized carbons (Fsp3) is 0.304. The minimum absolute atomic E-state index is 0.0393. The van der Waals surface area contributed by atoms with Crippen molar-refractivity contribution >= 4 is 75.5 Å².